The minimum Gasteiger partial charge on any atom is -0.366 e. The lowest BCUT2D eigenvalue weighted by molar-refractivity contribution is -0.140. The summed E-state index contributed by atoms with van der Waals surface area (Å²) in [6.45, 7) is 2.43. The zero-order chi connectivity index (χ0) is 21.5. The second-order valence-corrected chi connectivity index (χ2v) is 9.01. The zero-order valence-electron chi connectivity index (χ0n) is 16.3. The number of ether oxygens (including phenoxy) is 1. The Kier molecular flexibility index (Phi) is 5.98. The molecule has 3 fully saturated rings. The first-order valence-electron chi connectivity index (χ1n) is 10.0. The Labute approximate surface area is 180 Å². The van der Waals surface area contributed by atoms with E-state index in [0.29, 0.717) is 49.4 Å². The third kappa shape index (κ3) is 4.59. The second-order valence-electron chi connectivity index (χ2n) is 8.15. The number of likely N-dealkylation sites (tertiary alicyclic amines) is 2. The molecule has 3 amide bonds. The first kappa shape index (κ1) is 21.4. The Balaban J connectivity index is 1.23. The van der Waals surface area contributed by atoms with Gasteiger partial charge < -0.3 is 19.9 Å². The van der Waals surface area contributed by atoms with Crippen molar-refractivity contribution in [2.75, 3.05) is 32.8 Å². The van der Waals surface area contributed by atoms with Gasteiger partial charge in [0.2, 0.25) is 5.91 Å². The first-order valence-corrected chi connectivity index (χ1v) is 10.8. The number of hydrogen-bond acceptors (Lipinski definition) is 3. The number of nitrogens with zero attached hydrogens (tertiary/aromatic N) is 2. The smallest absolute Gasteiger partial charge is 0.366 e. The first-order chi connectivity index (χ1) is 14.2. The molecule has 2 atom stereocenters. The number of carbonyl (C=O) groups excluding carboxylic acids is 2. The fourth-order valence-corrected chi connectivity index (χ4v) is 4.85. The summed E-state index contributed by atoms with van der Waals surface area (Å²) < 4.78 is 44.3. The van der Waals surface area contributed by atoms with Gasteiger partial charge in [-0.3, -0.25) is 4.79 Å². The molecule has 0 aromatic heterocycles. The van der Waals surface area contributed by atoms with E-state index < -0.39 is 11.7 Å². The number of aryl methyl sites for hydroxylation is 1. The van der Waals surface area contributed by atoms with Crippen molar-refractivity contribution in [2.45, 2.75) is 37.6 Å². The number of urea groups is 1. The number of carbonyl (C=O) groups is 2. The predicted octanol–water partition coefficient (Wildman–Crippen LogP) is 3.04. The molecule has 0 bridgehead atoms. The molecule has 0 saturated carbocycles. The van der Waals surface area contributed by atoms with Crippen LogP contribution in [0.4, 0.5) is 18.0 Å². The minimum absolute atomic E-state index is 0.0276. The van der Waals surface area contributed by atoms with Crippen molar-refractivity contribution >= 4 is 27.9 Å². The maximum Gasteiger partial charge on any atom is 0.416 e. The average molecular weight is 490 g/mol. The Hall–Kier alpha value is -1.81. The summed E-state index contributed by atoms with van der Waals surface area (Å²) in [4.78, 5) is 27.8. The number of nitrogens with one attached hydrogen (secondary N) is 1. The second kappa shape index (κ2) is 8.37. The van der Waals surface area contributed by atoms with E-state index in [-0.39, 0.29) is 30.7 Å². The Morgan fingerprint density at radius 3 is 2.70 bits per heavy atom. The van der Waals surface area contributed by atoms with Crippen LogP contribution in [0.15, 0.2) is 22.7 Å². The van der Waals surface area contributed by atoms with Crippen LogP contribution in [0.1, 0.15) is 24.0 Å². The highest BCUT2D eigenvalue weighted by Gasteiger charge is 2.40. The number of alkyl halides is 3. The average Bonchev–Trinajstić information content (AvgIpc) is 2.66. The molecular weight excluding hydrogens is 467 g/mol. The van der Waals surface area contributed by atoms with Crippen LogP contribution in [0, 0.1) is 5.92 Å². The largest absolute Gasteiger partial charge is 0.416 e. The van der Waals surface area contributed by atoms with Crippen molar-refractivity contribution in [1.82, 2.24) is 15.1 Å². The van der Waals surface area contributed by atoms with Gasteiger partial charge in [0.25, 0.3) is 0 Å². The number of benzene rings is 1. The van der Waals surface area contributed by atoms with Crippen LogP contribution >= 0.6 is 15.9 Å². The number of amides is 3. The molecule has 0 radical (unpaired) electrons. The molecule has 6 nitrogen and oxygen atoms in total. The van der Waals surface area contributed by atoms with E-state index in [1.165, 1.54) is 6.07 Å². The Morgan fingerprint density at radius 1 is 1.23 bits per heavy atom. The van der Waals surface area contributed by atoms with Gasteiger partial charge in [-0.15, -0.1) is 0 Å². The molecule has 1 aromatic rings. The van der Waals surface area contributed by atoms with Crippen LogP contribution in [0.3, 0.4) is 0 Å². The third-order valence-electron chi connectivity index (χ3n) is 6.02. The van der Waals surface area contributed by atoms with Crippen molar-refractivity contribution in [1.29, 1.82) is 0 Å². The summed E-state index contributed by atoms with van der Waals surface area (Å²) in [6.07, 6.45) is -2.21. The van der Waals surface area contributed by atoms with E-state index in [9.17, 15) is 22.8 Å². The van der Waals surface area contributed by atoms with Gasteiger partial charge in [0.1, 0.15) is 6.61 Å². The number of piperidine rings is 1. The van der Waals surface area contributed by atoms with Crippen molar-refractivity contribution < 1.29 is 27.5 Å². The van der Waals surface area contributed by atoms with Gasteiger partial charge in [-0.2, -0.15) is 13.2 Å². The molecule has 3 heterocycles. The molecule has 164 valence electrons. The minimum atomic E-state index is -4.35. The normalized spacial score (nSPS) is 24.9. The summed E-state index contributed by atoms with van der Waals surface area (Å²) in [5.41, 5.74) is 0.171. The molecule has 1 aromatic carbocycles. The standard InChI is InChI=1S/C20H23BrF3N3O3/c21-15-7-14(20(22,23)24)4-3-13(15)2-1-12-8-27(9-12)19(29)26-6-5-17-16(10-26)25-18(28)11-30-17/h3-4,7,12,16-17H,1-2,5-6,8-11H2,(H,25,28)/t16-,17+/m1/s1. The van der Waals surface area contributed by atoms with Crippen LogP contribution in [-0.4, -0.2) is 66.7 Å². The highest BCUT2D eigenvalue weighted by molar-refractivity contribution is 9.10. The van der Waals surface area contributed by atoms with E-state index in [1.807, 2.05) is 0 Å². The molecule has 0 unspecified atom stereocenters. The molecule has 30 heavy (non-hydrogen) atoms. The summed E-state index contributed by atoms with van der Waals surface area (Å²) in [7, 11) is 0. The maximum absolute atomic E-state index is 12.8. The molecule has 0 aliphatic carbocycles. The van der Waals surface area contributed by atoms with Crippen LogP contribution in [0.2, 0.25) is 0 Å². The third-order valence-corrected chi connectivity index (χ3v) is 6.76. The van der Waals surface area contributed by atoms with Crippen LogP contribution in [0.25, 0.3) is 0 Å². The fraction of sp³-hybridized carbons (Fsp3) is 0.600. The fourth-order valence-electron chi connectivity index (χ4n) is 4.27. The molecule has 10 heteroatoms. The highest BCUT2D eigenvalue weighted by atomic mass is 79.9. The van der Waals surface area contributed by atoms with Crippen LogP contribution < -0.4 is 5.32 Å². The van der Waals surface area contributed by atoms with E-state index in [2.05, 4.69) is 21.2 Å². The number of halogens is 4. The number of rotatable bonds is 3. The summed E-state index contributed by atoms with van der Waals surface area (Å²) >= 11 is 3.24. The summed E-state index contributed by atoms with van der Waals surface area (Å²) in [6, 6.07) is 3.55. The number of hydrogen-bond donors (Lipinski definition) is 1. The molecule has 1 N–H and O–H groups in total. The van der Waals surface area contributed by atoms with Gasteiger partial charge in [-0.25, -0.2) is 4.79 Å². The SMILES string of the molecule is O=C1CO[C@H]2CCN(C(=O)N3CC(CCc4ccc(C(F)(F)F)cc4Br)C3)C[C@H]2N1. The van der Waals surface area contributed by atoms with Gasteiger partial charge in [0.05, 0.1) is 17.7 Å². The summed E-state index contributed by atoms with van der Waals surface area (Å²) in [5.74, 6) is 0.183. The van der Waals surface area contributed by atoms with Gasteiger partial charge in [-0.05, 0) is 42.9 Å². The number of morpholine rings is 1. The van der Waals surface area contributed by atoms with E-state index >= 15 is 0 Å². The summed E-state index contributed by atoms with van der Waals surface area (Å²) in [5, 5.41) is 2.89. The van der Waals surface area contributed by atoms with Gasteiger partial charge in [-0.1, -0.05) is 22.0 Å². The molecule has 3 aliphatic rings. The lowest BCUT2D eigenvalue weighted by atomic mass is 9.92. The van der Waals surface area contributed by atoms with E-state index in [0.717, 1.165) is 24.1 Å². The number of fused-ring (bicyclic) bond motifs is 1. The lowest BCUT2D eigenvalue weighted by Gasteiger charge is -2.46. The Morgan fingerprint density at radius 2 is 2.00 bits per heavy atom. The van der Waals surface area contributed by atoms with Crippen LogP contribution in [0.5, 0.6) is 0 Å². The predicted molar refractivity (Wildman–Crippen MR) is 106 cm³/mol. The van der Waals surface area contributed by atoms with Crippen LogP contribution in [-0.2, 0) is 22.1 Å². The molecular formula is C20H23BrF3N3O3. The van der Waals surface area contributed by atoms with E-state index in [1.54, 1.807) is 9.80 Å². The zero-order valence-corrected chi connectivity index (χ0v) is 17.8. The highest BCUT2D eigenvalue weighted by Crippen LogP contribution is 2.33. The molecule has 3 aliphatic heterocycles. The van der Waals surface area contributed by atoms with Crippen molar-refractivity contribution in [3.8, 4) is 0 Å². The van der Waals surface area contributed by atoms with Crippen molar-refractivity contribution in [2.24, 2.45) is 5.92 Å². The van der Waals surface area contributed by atoms with E-state index in [4.69, 9.17) is 4.74 Å². The van der Waals surface area contributed by atoms with Crippen molar-refractivity contribution in [3.63, 3.8) is 0 Å². The monoisotopic (exact) mass is 489 g/mol. The molecule has 0 spiro atoms. The topological polar surface area (TPSA) is 61.9 Å². The molecule has 4 rings (SSSR count). The van der Waals surface area contributed by atoms with Gasteiger partial charge in [0, 0.05) is 30.7 Å². The van der Waals surface area contributed by atoms with Gasteiger partial charge in [0.15, 0.2) is 0 Å². The quantitative estimate of drug-likeness (QED) is 0.709. The van der Waals surface area contributed by atoms with Gasteiger partial charge >= 0.3 is 12.2 Å². The maximum atomic E-state index is 12.8. The lowest BCUT2D eigenvalue weighted by Crippen LogP contribution is -2.64. The Bertz CT molecular complexity index is 829. The molecule has 3 saturated heterocycles. The van der Waals surface area contributed by atoms with Crippen molar-refractivity contribution in [3.05, 3.63) is 33.8 Å².